The number of hydrogen-bond donors (Lipinski definition) is 1. The summed E-state index contributed by atoms with van der Waals surface area (Å²) in [5.41, 5.74) is 1.23. The summed E-state index contributed by atoms with van der Waals surface area (Å²) in [6.07, 6.45) is 3.12. The predicted molar refractivity (Wildman–Crippen MR) is 175 cm³/mol. The van der Waals surface area contributed by atoms with Crippen LogP contribution in [0, 0.1) is 0 Å². The summed E-state index contributed by atoms with van der Waals surface area (Å²) in [7, 11) is 0. The van der Waals surface area contributed by atoms with Crippen molar-refractivity contribution >= 4 is 23.9 Å². The summed E-state index contributed by atoms with van der Waals surface area (Å²) in [6, 6.07) is 16.2. The van der Waals surface area contributed by atoms with Crippen molar-refractivity contribution in [2.45, 2.75) is 51.7 Å². The molecule has 1 aliphatic carbocycles. The van der Waals surface area contributed by atoms with E-state index < -0.39 is 24.1 Å². The average Bonchev–Trinajstić information content (AvgIpc) is 3.63. The Labute approximate surface area is 284 Å². The molecule has 1 saturated heterocycles. The van der Waals surface area contributed by atoms with Crippen molar-refractivity contribution in [1.29, 1.82) is 0 Å². The lowest BCUT2D eigenvalue weighted by molar-refractivity contribution is -0.157. The van der Waals surface area contributed by atoms with Gasteiger partial charge in [-0.15, -0.1) is 5.06 Å². The molecule has 0 radical (unpaired) electrons. The second kappa shape index (κ2) is 17.2. The van der Waals surface area contributed by atoms with Crippen LogP contribution in [0.5, 0.6) is 11.6 Å². The molecule has 260 valence electrons. The Hall–Kier alpha value is -5.24. The molecular formula is C35H41N5O9. The zero-order valence-electron chi connectivity index (χ0n) is 27.7. The summed E-state index contributed by atoms with van der Waals surface area (Å²) in [6.45, 7) is 4.50. The van der Waals surface area contributed by atoms with E-state index in [9.17, 15) is 19.2 Å². The molecule has 2 fully saturated rings. The van der Waals surface area contributed by atoms with Crippen LogP contribution in [-0.4, -0.2) is 96.0 Å². The van der Waals surface area contributed by atoms with Crippen molar-refractivity contribution in [1.82, 2.24) is 25.2 Å². The van der Waals surface area contributed by atoms with Crippen molar-refractivity contribution in [3.05, 3.63) is 71.9 Å². The molecular weight excluding hydrogens is 634 g/mol. The third-order valence-electron chi connectivity index (χ3n) is 7.97. The van der Waals surface area contributed by atoms with Gasteiger partial charge in [-0.05, 0) is 57.2 Å². The molecule has 2 aliphatic rings. The lowest BCUT2D eigenvalue weighted by atomic mass is 10.0. The van der Waals surface area contributed by atoms with E-state index >= 15 is 0 Å². The molecule has 1 aromatic heterocycles. The smallest absolute Gasteiger partial charge is 0.482 e. The van der Waals surface area contributed by atoms with Gasteiger partial charge in [0.15, 0.2) is 12.4 Å². The Bertz CT molecular complexity index is 1570. The molecule has 5 rings (SSSR count). The first-order chi connectivity index (χ1) is 23.8. The lowest BCUT2D eigenvalue weighted by Crippen LogP contribution is -2.52. The molecule has 14 heteroatoms. The maximum absolute atomic E-state index is 14.1. The molecule has 14 nitrogen and oxygen atoms in total. The monoisotopic (exact) mass is 675 g/mol. The minimum Gasteiger partial charge on any atom is -0.482 e. The zero-order chi connectivity index (χ0) is 34.6. The normalized spacial score (nSPS) is 15.6. The fourth-order valence-corrected chi connectivity index (χ4v) is 5.52. The van der Waals surface area contributed by atoms with Crippen LogP contribution in [0.3, 0.4) is 0 Å². The van der Waals surface area contributed by atoms with Gasteiger partial charge in [0.2, 0.25) is 11.8 Å². The van der Waals surface area contributed by atoms with E-state index in [0.29, 0.717) is 22.7 Å². The van der Waals surface area contributed by atoms with E-state index in [0.717, 1.165) is 25.7 Å². The predicted octanol–water partition coefficient (Wildman–Crippen LogP) is 4.11. The van der Waals surface area contributed by atoms with E-state index in [4.69, 9.17) is 23.8 Å². The standard InChI is InChI=1S/C35H41N5O9/c1-3-45-30(41)23-47-26-16-14-24(15-17-26)31(34(43)39-18-20-40(21-19-39)49-35(44)46-4-2)38-33(42)28-22-29(48-27-12-8-9-13-27)37-32(36-28)25-10-6-5-7-11-25/h5-7,10-11,14-17,22,27,31H,3-4,8-9,12-13,18-21,23H2,1-2H3,(H,38,42)/t31-/m0/s1. The van der Waals surface area contributed by atoms with Gasteiger partial charge in [0.05, 0.1) is 26.3 Å². The number of hydrogen-bond acceptors (Lipinski definition) is 12. The highest BCUT2D eigenvalue weighted by Crippen LogP contribution is 2.27. The molecule has 0 unspecified atom stereocenters. The number of ether oxygens (including phenoxy) is 4. The minimum absolute atomic E-state index is 0.000186. The molecule has 1 atom stereocenters. The maximum atomic E-state index is 14.1. The Morgan fingerprint density at radius 3 is 2.24 bits per heavy atom. The molecule has 1 aliphatic heterocycles. The number of nitrogens with zero attached hydrogens (tertiary/aromatic N) is 4. The van der Waals surface area contributed by atoms with Gasteiger partial charge < -0.3 is 34.0 Å². The first-order valence-electron chi connectivity index (χ1n) is 16.5. The highest BCUT2D eigenvalue weighted by Gasteiger charge is 2.32. The number of carbonyl (C=O) groups excluding carboxylic acids is 4. The maximum Gasteiger partial charge on any atom is 0.527 e. The molecule has 0 spiro atoms. The molecule has 2 amide bonds. The molecule has 3 aromatic rings. The highest BCUT2D eigenvalue weighted by atomic mass is 16.8. The van der Waals surface area contributed by atoms with E-state index in [1.807, 2.05) is 30.3 Å². The molecule has 2 aromatic carbocycles. The van der Waals surface area contributed by atoms with Crippen LogP contribution >= 0.6 is 0 Å². The van der Waals surface area contributed by atoms with Crippen molar-refractivity contribution in [3.8, 4) is 23.0 Å². The number of benzene rings is 2. The van der Waals surface area contributed by atoms with Crippen LogP contribution in [0.25, 0.3) is 11.4 Å². The van der Waals surface area contributed by atoms with Crippen LogP contribution in [-0.2, 0) is 23.9 Å². The van der Waals surface area contributed by atoms with Gasteiger partial charge in [-0.2, -0.15) is 4.98 Å². The van der Waals surface area contributed by atoms with Crippen LogP contribution in [0.4, 0.5) is 4.79 Å². The molecule has 1 saturated carbocycles. The number of carbonyl (C=O) groups is 4. The molecule has 0 bridgehead atoms. The number of aromatic nitrogens is 2. The van der Waals surface area contributed by atoms with Gasteiger partial charge in [-0.3, -0.25) is 9.59 Å². The number of amides is 2. The molecule has 2 heterocycles. The molecule has 49 heavy (non-hydrogen) atoms. The van der Waals surface area contributed by atoms with Crippen LogP contribution in [0.2, 0.25) is 0 Å². The number of esters is 1. The highest BCUT2D eigenvalue weighted by molar-refractivity contribution is 5.97. The fourth-order valence-electron chi connectivity index (χ4n) is 5.52. The Morgan fingerprint density at radius 1 is 0.878 bits per heavy atom. The first-order valence-corrected chi connectivity index (χ1v) is 16.5. The van der Waals surface area contributed by atoms with Gasteiger partial charge >= 0.3 is 12.1 Å². The first kappa shape index (κ1) is 35.1. The third-order valence-corrected chi connectivity index (χ3v) is 7.97. The Morgan fingerprint density at radius 2 is 1.57 bits per heavy atom. The summed E-state index contributed by atoms with van der Waals surface area (Å²) in [5.74, 6) is -0.477. The van der Waals surface area contributed by atoms with Gasteiger partial charge in [-0.25, -0.2) is 14.6 Å². The van der Waals surface area contributed by atoms with Crippen molar-refractivity contribution in [2.75, 3.05) is 46.0 Å². The van der Waals surface area contributed by atoms with Crippen LogP contribution in [0.1, 0.15) is 61.6 Å². The van der Waals surface area contributed by atoms with E-state index in [-0.39, 0.29) is 69.6 Å². The summed E-state index contributed by atoms with van der Waals surface area (Å²) >= 11 is 0. The number of nitrogens with one attached hydrogen (secondary N) is 1. The molecule has 1 N–H and O–H groups in total. The van der Waals surface area contributed by atoms with E-state index in [1.165, 1.54) is 11.1 Å². The van der Waals surface area contributed by atoms with Crippen LogP contribution in [0.15, 0.2) is 60.7 Å². The van der Waals surface area contributed by atoms with E-state index in [2.05, 4.69) is 15.3 Å². The zero-order valence-corrected chi connectivity index (χ0v) is 27.7. The fraction of sp³-hybridized carbons (Fsp3) is 0.429. The number of hydroxylamine groups is 2. The second-order valence-corrected chi connectivity index (χ2v) is 11.4. The van der Waals surface area contributed by atoms with E-state index in [1.54, 1.807) is 43.0 Å². The topological polar surface area (TPSA) is 159 Å². The van der Waals surface area contributed by atoms with Gasteiger partial charge in [-0.1, -0.05) is 42.5 Å². The minimum atomic E-state index is -1.11. The lowest BCUT2D eigenvalue weighted by Gasteiger charge is -2.35. The number of piperazine rings is 1. The SMILES string of the molecule is CCOC(=O)COc1ccc([C@H](NC(=O)c2cc(OC3CCCC3)nc(-c3ccccc3)n2)C(=O)N2CCN(OC(=O)OCC)CC2)cc1. The van der Waals surface area contributed by atoms with Gasteiger partial charge in [0, 0.05) is 24.7 Å². The van der Waals surface area contributed by atoms with Gasteiger partial charge in [0.1, 0.15) is 23.6 Å². The van der Waals surface area contributed by atoms with Crippen molar-refractivity contribution in [3.63, 3.8) is 0 Å². The quantitative estimate of drug-likeness (QED) is 0.259. The van der Waals surface area contributed by atoms with Gasteiger partial charge in [0.25, 0.3) is 5.91 Å². The van der Waals surface area contributed by atoms with Crippen molar-refractivity contribution in [2.24, 2.45) is 0 Å². The summed E-state index contributed by atoms with van der Waals surface area (Å²) in [4.78, 5) is 67.5. The Kier molecular flexibility index (Phi) is 12.3. The number of rotatable bonds is 13. The third kappa shape index (κ3) is 9.89. The second-order valence-electron chi connectivity index (χ2n) is 11.4. The average molecular weight is 676 g/mol. The van der Waals surface area contributed by atoms with Crippen molar-refractivity contribution < 1.29 is 43.0 Å². The van der Waals surface area contributed by atoms with Crippen LogP contribution < -0.4 is 14.8 Å². The summed E-state index contributed by atoms with van der Waals surface area (Å²) < 4.78 is 21.5. The summed E-state index contributed by atoms with van der Waals surface area (Å²) in [5, 5.41) is 4.32. The Balaban J connectivity index is 1.38. The largest absolute Gasteiger partial charge is 0.527 e.